The Kier molecular flexibility index (Phi) is 15.6. The van der Waals surface area contributed by atoms with Crippen molar-refractivity contribution in [2.24, 2.45) is 9.98 Å². The van der Waals surface area contributed by atoms with Crippen LogP contribution in [0.15, 0.2) is 70.6 Å². The van der Waals surface area contributed by atoms with E-state index in [2.05, 4.69) is 23.8 Å². The molecule has 0 atom stereocenters. The van der Waals surface area contributed by atoms with Gasteiger partial charge in [0.2, 0.25) is 0 Å². The molecule has 37 heavy (non-hydrogen) atoms. The second-order valence-corrected chi connectivity index (χ2v) is 7.51. The van der Waals surface area contributed by atoms with Gasteiger partial charge in [0.15, 0.2) is 0 Å². The van der Waals surface area contributed by atoms with Crippen molar-refractivity contribution in [2.45, 2.75) is 40.5 Å². The topological polar surface area (TPSA) is 145 Å². The van der Waals surface area contributed by atoms with Gasteiger partial charge in [-0.1, -0.05) is 32.0 Å². The number of phenols is 2. The summed E-state index contributed by atoms with van der Waals surface area (Å²) in [5, 5.41) is 37.8. The first-order valence-electron chi connectivity index (χ1n) is 11.2. The Balaban J connectivity index is 0.00000127. The molecule has 8 nitrogen and oxygen atoms in total. The van der Waals surface area contributed by atoms with Crippen molar-refractivity contribution in [3.05, 3.63) is 82.9 Å². The summed E-state index contributed by atoms with van der Waals surface area (Å²) >= 11 is 0. The zero-order valence-electron chi connectivity index (χ0n) is 21.1. The molecule has 2 N–H and O–H groups in total. The summed E-state index contributed by atoms with van der Waals surface area (Å²) in [5.74, 6) is -1.75. The van der Waals surface area contributed by atoms with Crippen LogP contribution in [0.25, 0.3) is 0 Å². The molecule has 0 aliphatic rings. The molecule has 0 amide bonds. The molecule has 0 aliphatic carbocycles. The van der Waals surface area contributed by atoms with Gasteiger partial charge in [0.1, 0.15) is 11.5 Å². The van der Waals surface area contributed by atoms with E-state index >= 15 is 0 Å². The molecule has 0 aliphatic heterocycles. The fraction of sp³-hybridized carbons (Fsp3) is 0.214. The number of aliphatic imine (C=N–C) groups is 2. The minimum atomic E-state index is -1.08. The van der Waals surface area contributed by atoms with Crippen LogP contribution < -0.4 is 10.2 Å². The summed E-state index contributed by atoms with van der Waals surface area (Å²) in [4.78, 5) is 26.7. The molecular weight excluding hydrogens is 519 g/mol. The second-order valence-electron chi connectivity index (χ2n) is 7.51. The van der Waals surface area contributed by atoms with E-state index in [0.717, 1.165) is 49.2 Å². The van der Waals surface area contributed by atoms with Gasteiger partial charge < -0.3 is 30.0 Å². The van der Waals surface area contributed by atoms with Gasteiger partial charge in [-0.2, -0.15) is 0 Å². The number of benzene rings is 3. The van der Waals surface area contributed by atoms with Crippen LogP contribution in [0, 0.1) is 0 Å². The maximum absolute atomic E-state index is 10.0. The fourth-order valence-electron chi connectivity index (χ4n) is 2.80. The Hall–Kier alpha value is -3.95. The second kappa shape index (κ2) is 17.5. The van der Waals surface area contributed by atoms with E-state index in [4.69, 9.17) is 19.8 Å². The van der Waals surface area contributed by atoms with Crippen LogP contribution in [0.5, 0.6) is 11.5 Å². The number of aryl methyl sites for hydroxylation is 2. The van der Waals surface area contributed by atoms with Crippen LogP contribution in [0.3, 0.4) is 0 Å². The fourth-order valence-corrected chi connectivity index (χ4v) is 2.80. The molecule has 0 aromatic heterocycles. The van der Waals surface area contributed by atoms with Crippen molar-refractivity contribution >= 4 is 35.7 Å². The Morgan fingerprint density at radius 1 is 0.730 bits per heavy atom. The molecule has 0 saturated carbocycles. The largest absolute Gasteiger partial charge is 2.00 e. The van der Waals surface area contributed by atoms with Gasteiger partial charge >= 0.3 is 16.8 Å². The number of phenolic OH excluding ortho intramolecular Hbond substituents is 2. The third-order valence-electron chi connectivity index (χ3n) is 4.54. The molecule has 3 aromatic rings. The van der Waals surface area contributed by atoms with Gasteiger partial charge in [0, 0.05) is 35.5 Å². The van der Waals surface area contributed by atoms with Crippen molar-refractivity contribution in [1.82, 2.24) is 0 Å². The third kappa shape index (κ3) is 13.6. The average molecular weight is 549 g/mol. The summed E-state index contributed by atoms with van der Waals surface area (Å²) in [6.07, 6.45) is 5.12. The Morgan fingerprint density at radius 3 is 1.41 bits per heavy atom. The molecule has 0 spiro atoms. The Bertz CT molecular complexity index is 1130. The molecule has 0 heterocycles. The summed E-state index contributed by atoms with van der Waals surface area (Å²) in [6.45, 7) is 6.09. The monoisotopic (exact) mass is 549 g/mol. The number of carboxylic acid groups (broad SMARTS) is 2. The molecule has 0 bridgehead atoms. The first-order chi connectivity index (χ1) is 17.0. The molecule has 9 heteroatoms. The van der Waals surface area contributed by atoms with E-state index in [1.165, 1.54) is 0 Å². The number of hydrogen-bond donors (Lipinski definition) is 2. The predicted molar refractivity (Wildman–Crippen MR) is 137 cm³/mol. The van der Waals surface area contributed by atoms with Gasteiger partial charge in [-0.15, -0.1) is 0 Å². The Labute approximate surface area is 227 Å². The van der Waals surface area contributed by atoms with Crippen LogP contribution in [-0.4, -0.2) is 34.6 Å². The van der Waals surface area contributed by atoms with E-state index in [9.17, 15) is 10.2 Å². The van der Waals surface area contributed by atoms with E-state index < -0.39 is 11.9 Å². The van der Waals surface area contributed by atoms with Crippen LogP contribution in [0.4, 0.5) is 11.4 Å². The van der Waals surface area contributed by atoms with Crippen molar-refractivity contribution in [3.63, 3.8) is 0 Å². The van der Waals surface area contributed by atoms with Gasteiger partial charge in [-0.05, 0) is 80.3 Å². The maximum atomic E-state index is 10.0. The first kappa shape index (κ1) is 33.0. The zero-order chi connectivity index (χ0) is 27.1. The number of hydrogen-bond acceptors (Lipinski definition) is 8. The molecule has 0 fully saturated rings. The van der Waals surface area contributed by atoms with Crippen molar-refractivity contribution in [3.8, 4) is 11.5 Å². The van der Waals surface area contributed by atoms with Crippen molar-refractivity contribution in [2.75, 3.05) is 0 Å². The quantitative estimate of drug-likeness (QED) is 0.452. The van der Waals surface area contributed by atoms with E-state index in [0.29, 0.717) is 11.1 Å². The molecule has 197 valence electrons. The predicted octanol–water partition coefficient (Wildman–Crippen LogP) is 3.23. The van der Waals surface area contributed by atoms with Crippen molar-refractivity contribution < 1.29 is 46.8 Å². The van der Waals surface area contributed by atoms with Crippen LogP contribution in [0.1, 0.15) is 49.9 Å². The summed E-state index contributed by atoms with van der Waals surface area (Å²) in [5.41, 5.74) is 5.15. The van der Waals surface area contributed by atoms with E-state index in [1.807, 2.05) is 48.5 Å². The van der Waals surface area contributed by atoms with Crippen LogP contribution >= 0.6 is 0 Å². The smallest absolute Gasteiger partial charge is 0.550 e. The van der Waals surface area contributed by atoms with E-state index in [-0.39, 0.29) is 28.3 Å². The van der Waals surface area contributed by atoms with Gasteiger partial charge in [0.25, 0.3) is 0 Å². The minimum absolute atomic E-state index is 0. The van der Waals surface area contributed by atoms with Crippen molar-refractivity contribution in [1.29, 1.82) is 0 Å². The number of rotatable bonds is 6. The van der Waals surface area contributed by atoms with Gasteiger partial charge in [-0.25, -0.2) is 0 Å². The SMILES string of the molecule is CC(=O)[O-].CC(=O)[O-].CCc1ccc(O)c(C=Nc2cccc(N=Cc3cc(CC)ccc3O)c2)c1.[Co+2]. The number of carbonyl (C=O) groups excluding carboxylic acids is 2. The number of carbonyl (C=O) groups is 2. The maximum Gasteiger partial charge on any atom is 2.00 e. The van der Waals surface area contributed by atoms with Gasteiger partial charge in [0.05, 0.1) is 11.4 Å². The zero-order valence-corrected chi connectivity index (χ0v) is 22.1. The van der Waals surface area contributed by atoms with Crippen LogP contribution in [0.2, 0.25) is 0 Å². The summed E-state index contributed by atoms with van der Waals surface area (Å²) in [7, 11) is 0. The first-order valence-corrected chi connectivity index (χ1v) is 11.2. The van der Waals surface area contributed by atoms with Crippen LogP contribution in [-0.2, 0) is 39.2 Å². The molecular formula is C28H30CoN2O6. The normalized spacial score (nSPS) is 10.1. The molecule has 3 aromatic carbocycles. The third-order valence-corrected chi connectivity index (χ3v) is 4.54. The number of aliphatic carboxylic acids is 2. The molecule has 3 rings (SSSR count). The number of aromatic hydroxyl groups is 2. The number of nitrogens with zero attached hydrogens (tertiary/aromatic N) is 2. The molecule has 0 saturated heterocycles. The van der Waals surface area contributed by atoms with Gasteiger partial charge in [-0.3, -0.25) is 9.98 Å². The minimum Gasteiger partial charge on any atom is -0.550 e. The average Bonchev–Trinajstić information content (AvgIpc) is 2.82. The van der Waals surface area contributed by atoms with E-state index in [1.54, 1.807) is 24.6 Å². The summed E-state index contributed by atoms with van der Waals surface area (Å²) in [6, 6.07) is 18.6. The molecule has 0 unspecified atom stereocenters. The number of carboxylic acids is 2. The Morgan fingerprint density at radius 2 is 1.08 bits per heavy atom. The molecule has 1 radical (unpaired) electrons. The standard InChI is InChI=1S/C24H24N2O2.2C2H4O2.Co/c1-3-17-8-10-23(27)19(12-17)15-25-21-6-5-7-22(14-21)26-16-20-13-18(4-2)9-11-24(20)28;2*1-2(3)4;/h5-16,27-28H,3-4H2,1-2H3;2*1H3,(H,3,4);/q;;;+2/p-2. The summed E-state index contributed by atoms with van der Waals surface area (Å²) < 4.78 is 0.